The molecule has 0 unspecified atom stereocenters. The van der Waals surface area contributed by atoms with Crippen molar-refractivity contribution >= 4 is 11.0 Å². The van der Waals surface area contributed by atoms with Crippen LogP contribution in [0.25, 0.3) is 22.2 Å². The van der Waals surface area contributed by atoms with Gasteiger partial charge in [0.1, 0.15) is 11.3 Å². The van der Waals surface area contributed by atoms with Gasteiger partial charge >= 0.3 is 5.69 Å². The van der Waals surface area contributed by atoms with Crippen LogP contribution >= 0.6 is 0 Å². The second kappa shape index (κ2) is 5.86. The second-order valence-corrected chi connectivity index (χ2v) is 5.60. The first-order valence-corrected chi connectivity index (χ1v) is 7.66. The van der Waals surface area contributed by atoms with Gasteiger partial charge in [-0.05, 0) is 49.7 Å². The predicted molar refractivity (Wildman–Crippen MR) is 91.6 cm³/mol. The molecule has 0 bridgehead atoms. The molecule has 3 aromatic heterocycles. The number of aromatic amines is 1. The Hall–Kier alpha value is -3.48. The number of fused-ring (bicyclic) bond motifs is 1. The first kappa shape index (κ1) is 15.1. The number of ether oxygens (including phenoxy) is 1. The Morgan fingerprint density at radius 1 is 1.16 bits per heavy atom. The number of aromatic nitrogens is 4. The fraction of sp³-hybridized carbons (Fsp3) is 0.111. The highest BCUT2D eigenvalue weighted by atomic mass is 16.5. The highest BCUT2D eigenvalue weighted by Crippen LogP contribution is 2.31. The van der Waals surface area contributed by atoms with E-state index in [9.17, 15) is 4.79 Å². The third kappa shape index (κ3) is 2.76. The van der Waals surface area contributed by atoms with Gasteiger partial charge in [-0.2, -0.15) is 10.1 Å². The molecule has 0 aliphatic rings. The SMILES string of the molecule is Cc1cc(Oc2nccc3occc23)ccc1-c1nc(=O)[nH]nc1C. The number of H-pyrrole nitrogens is 1. The molecule has 4 rings (SSSR count). The highest BCUT2D eigenvalue weighted by molar-refractivity contribution is 5.82. The topological polar surface area (TPSA) is 93.9 Å². The summed E-state index contributed by atoms with van der Waals surface area (Å²) in [5.74, 6) is 1.11. The minimum absolute atomic E-state index is 0.476. The summed E-state index contributed by atoms with van der Waals surface area (Å²) < 4.78 is 11.3. The maximum Gasteiger partial charge on any atom is 0.361 e. The summed E-state index contributed by atoms with van der Waals surface area (Å²) in [6.07, 6.45) is 3.24. The van der Waals surface area contributed by atoms with Gasteiger partial charge in [0.2, 0.25) is 5.88 Å². The van der Waals surface area contributed by atoms with Crippen LogP contribution in [0.5, 0.6) is 11.6 Å². The summed E-state index contributed by atoms with van der Waals surface area (Å²) in [5, 5.41) is 7.10. The van der Waals surface area contributed by atoms with Gasteiger partial charge in [-0.15, -0.1) is 0 Å². The van der Waals surface area contributed by atoms with Crippen molar-refractivity contribution in [2.24, 2.45) is 0 Å². The number of hydrogen-bond donors (Lipinski definition) is 1. The van der Waals surface area contributed by atoms with Crippen LogP contribution in [0, 0.1) is 13.8 Å². The van der Waals surface area contributed by atoms with Gasteiger partial charge in [-0.25, -0.2) is 14.9 Å². The van der Waals surface area contributed by atoms with Gasteiger partial charge in [0.05, 0.1) is 23.0 Å². The van der Waals surface area contributed by atoms with Crippen LogP contribution in [0.2, 0.25) is 0 Å². The van der Waals surface area contributed by atoms with E-state index >= 15 is 0 Å². The second-order valence-electron chi connectivity index (χ2n) is 5.60. The Morgan fingerprint density at radius 2 is 2.04 bits per heavy atom. The van der Waals surface area contributed by atoms with E-state index in [1.807, 2.05) is 31.2 Å². The molecular weight excluding hydrogens is 320 g/mol. The molecule has 0 atom stereocenters. The van der Waals surface area contributed by atoms with E-state index in [0.29, 0.717) is 28.6 Å². The number of rotatable bonds is 3. The van der Waals surface area contributed by atoms with Gasteiger partial charge in [-0.3, -0.25) is 0 Å². The molecule has 4 aromatic rings. The number of aryl methyl sites for hydroxylation is 2. The predicted octanol–water partition coefficient (Wildman–Crippen LogP) is 3.38. The van der Waals surface area contributed by atoms with Crippen LogP contribution in [0.15, 0.2) is 52.0 Å². The van der Waals surface area contributed by atoms with E-state index in [2.05, 4.69) is 20.2 Å². The van der Waals surface area contributed by atoms with Crippen molar-refractivity contribution < 1.29 is 9.15 Å². The number of hydrogen-bond acceptors (Lipinski definition) is 6. The molecule has 0 saturated heterocycles. The van der Waals surface area contributed by atoms with Crippen molar-refractivity contribution in [3.63, 3.8) is 0 Å². The molecule has 0 aliphatic carbocycles. The number of nitrogens with one attached hydrogen (secondary N) is 1. The molecule has 0 aliphatic heterocycles. The van der Waals surface area contributed by atoms with E-state index < -0.39 is 5.69 Å². The van der Waals surface area contributed by atoms with Crippen molar-refractivity contribution in [2.45, 2.75) is 13.8 Å². The molecular formula is C18H14N4O3. The lowest BCUT2D eigenvalue weighted by molar-refractivity contribution is 0.468. The van der Waals surface area contributed by atoms with Crippen LogP contribution in [0.3, 0.4) is 0 Å². The van der Waals surface area contributed by atoms with Gasteiger partial charge in [-0.1, -0.05) is 0 Å². The molecule has 124 valence electrons. The molecule has 1 N–H and O–H groups in total. The third-order valence-corrected chi connectivity index (χ3v) is 3.89. The van der Waals surface area contributed by atoms with Crippen LogP contribution in [0.1, 0.15) is 11.3 Å². The molecule has 7 nitrogen and oxygen atoms in total. The quantitative estimate of drug-likeness (QED) is 0.617. The Balaban J connectivity index is 1.72. The van der Waals surface area contributed by atoms with Gasteiger partial charge in [0.25, 0.3) is 0 Å². The molecule has 7 heteroatoms. The van der Waals surface area contributed by atoms with Crippen molar-refractivity contribution in [1.82, 2.24) is 20.2 Å². The molecule has 0 saturated carbocycles. The minimum Gasteiger partial charge on any atom is -0.464 e. The maximum atomic E-state index is 11.5. The summed E-state index contributed by atoms with van der Waals surface area (Å²) in [7, 11) is 0. The van der Waals surface area contributed by atoms with Crippen molar-refractivity contribution in [3.05, 3.63) is 64.5 Å². The first-order chi connectivity index (χ1) is 12.1. The van der Waals surface area contributed by atoms with E-state index in [-0.39, 0.29) is 0 Å². The maximum absolute atomic E-state index is 11.5. The fourth-order valence-corrected chi connectivity index (χ4v) is 2.67. The van der Waals surface area contributed by atoms with Crippen molar-refractivity contribution in [2.75, 3.05) is 0 Å². The minimum atomic E-state index is -0.476. The van der Waals surface area contributed by atoms with E-state index in [0.717, 1.165) is 16.5 Å². The monoisotopic (exact) mass is 334 g/mol. The summed E-state index contributed by atoms with van der Waals surface area (Å²) in [5.41, 5.74) is 3.20. The Bertz CT molecular complexity index is 1130. The lowest BCUT2D eigenvalue weighted by Crippen LogP contribution is -2.14. The lowest BCUT2D eigenvalue weighted by atomic mass is 10.0. The fourth-order valence-electron chi connectivity index (χ4n) is 2.67. The van der Waals surface area contributed by atoms with Crippen molar-refractivity contribution in [1.29, 1.82) is 0 Å². The number of pyridine rings is 1. The zero-order valence-electron chi connectivity index (χ0n) is 13.6. The van der Waals surface area contributed by atoms with Gasteiger partial charge in [0.15, 0.2) is 0 Å². The van der Waals surface area contributed by atoms with Crippen LogP contribution < -0.4 is 10.4 Å². The molecule has 0 amide bonds. The van der Waals surface area contributed by atoms with Gasteiger partial charge in [0, 0.05) is 11.8 Å². The third-order valence-electron chi connectivity index (χ3n) is 3.89. The first-order valence-electron chi connectivity index (χ1n) is 7.66. The molecule has 25 heavy (non-hydrogen) atoms. The average Bonchev–Trinajstić information content (AvgIpc) is 3.07. The van der Waals surface area contributed by atoms with E-state index in [1.165, 1.54) is 0 Å². The highest BCUT2D eigenvalue weighted by Gasteiger charge is 2.12. The molecule has 1 aromatic carbocycles. The largest absolute Gasteiger partial charge is 0.464 e. The summed E-state index contributed by atoms with van der Waals surface area (Å²) in [6, 6.07) is 9.14. The molecule has 0 spiro atoms. The Kier molecular flexibility index (Phi) is 3.53. The van der Waals surface area contributed by atoms with Crippen LogP contribution in [0.4, 0.5) is 0 Å². The normalized spacial score (nSPS) is 11.0. The van der Waals surface area contributed by atoms with Gasteiger partial charge < -0.3 is 9.15 Å². The number of nitrogens with zero attached hydrogens (tertiary/aromatic N) is 3. The summed E-state index contributed by atoms with van der Waals surface area (Å²) in [6.45, 7) is 3.72. The molecule has 0 radical (unpaired) electrons. The summed E-state index contributed by atoms with van der Waals surface area (Å²) >= 11 is 0. The van der Waals surface area contributed by atoms with E-state index in [1.54, 1.807) is 25.5 Å². The Labute approximate surface area is 142 Å². The summed E-state index contributed by atoms with van der Waals surface area (Å²) in [4.78, 5) is 19.7. The zero-order valence-corrected chi connectivity index (χ0v) is 13.6. The number of benzene rings is 1. The zero-order chi connectivity index (χ0) is 17.4. The standard InChI is InChI=1S/C18H14N4O3/c1-10-9-12(25-17-14-6-8-24-15(14)5-7-19-17)3-4-13(10)16-11(2)21-22-18(23)20-16/h3-9H,1-2H3,(H,20,22,23). The smallest absolute Gasteiger partial charge is 0.361 e. The van der Waals surface area contributed by atoms with Crippen LogP contribution in [-0.2, 0) is 0 Å². The Morgan fingerprint density at radius 3 is 2.88 bits per heavy atom. The average molecular weight is 334 g/mol. The number of furan rings is 1. The van der Waals surface area contributed by atoms with Crippen LogP contribution in [-0.4, -0.2) is 20.2 Å². The lowest BCUT2D eigenvalue weighted by Gasteiger charge is -2.10. The molecule has 0 fully saturated rings. The van der Waals surface area contributed by atoms with E-state index in [4.69, 9.17) is 9.15 Å². The van der Waals surface area contributed by atoms with Crippen molar-refractivity contribution in [3.8, 4) is 22.9 Å². The molecule has 3 heterocycles.